The van der Waals surface area contributed by atoms with E-state index in [1.165, 1.54) is 4.88 Å². The van der Waals surface area contributed by atoms with Gasteiger partial charge in [-0.2, -0.15) is 0 Å². The van der Waals surface area contributed by atoms with Gasteiger partial charge in [0.1, 0.15) is 16.5 Å². The van der Waals surface area contributed by atoms with Crippen molar-refractivity contribution >= 4 is 45.7 Å². The molecule has 1 aromatic heterocycles. The summed E-state index contributed by atoms with van der Waals surface area (Å²) in [5, 5.41) is 4.23. The van der Waals surface area contributed by atoms with Crippen molar-refractivity contribution in [3.63, 3.8) is 0 Å². The fourth-order valence-corrected chi connectivity index (χ4v) is 4.96. The second-order valence-electron chi connectivity index (χ2n) is 6.87. The Morgan fingerprint density at radius 3 is 2.80 bits per heavy atom. The van der Waals surface area contributed by atoms with E-state index >= 15 is 0 Å². The number of halogens is 1. The number of benzene rings is 2. The number of carbonyl (C=O) groups is 1. The fourth-order valence-electron chi connectivity index (χ4n) is 3.54. The second kappa shape index (κ2) is 8.90. The molecule has 1 aliphatic carbocycles. The summed E-state index contributed by atoms with van der Waals surface area (Å²) in [7, 11) is 3.23. The zero-order valence-corrected chi connectivity index (χ0v) is 18.3. The van der Waals surface area contributed by atoms with Crippen molar-refractivity contribution in [2.75, 3.05) is 19.5 Å². The summed E-state index contributed by atoms with van der Waals surface area (Å²) in [6.45, 7) is 0. The van der Waals surface area contributed by atoms with Crippen LogP contribution in [0, 0.1) is 0 Å². The molecule has 0 radical (unpaired) electrons. The maximum Gasteiger partial charge on any atom is 0.259 e. The van der Waals surface area contributed by atoms with Gasteiger partial charge in [-0.15, -0.1) is 11.3 Å². The predicted octanol–water partition coefficient (Wildman–Crippen LogP) is 5.91. The quantitative estimate of drug-likeness (QED) is 0.484. The number of thiophene rings is 1. The molecule has 0 saturated heterocycles. The van der Waals surface area contributed by atoms with E-state index < -0.39 is 0 Å². The molecule has 3 aromatic rings. The Kier molecular flexibility index (Phi) is 6.06. The van der Waals surface area contributed by atoms with Crippen LogP contribution >= 0.6 is 22.9 Å². The number of nitrogens with zero attached hydrogens (tertiary/aromatic N) is 1. The minimum absolute atomic E-state index is 0.165. The highest BCUT2D eigenvalue weighted by molar-refractivity contribution is 7.16. The molecule has 0 spiro atoms. The lowest BCUT2D eigenvalue weighted by Gasteiger charge is -2.08. The van der Waals surface area contributed by atoms with Gasteiger partial charge in [-0.1, -0.05) is 17.7 Å². The molecule has 0 unspecified atom stereocenters. The standard InChI is InChI=1S/C23H21ClN2O3S/c1-28-17-9-10-19(29-2)14(11-17)13-25-23-21(18-7-4-8-20(18)30-23)22(27)26-16-6-3-5-15(24)12-16/h3,5-6,9-13H,4,7-8H2,1-2H3,(H,26,27). The summed E-state index contributed by atoms with van der Waals surface area (Å²) in [6.07, 6.45) is 4.66. The van der Waals surface area contributed by atoms with Crippen LogP contribution in [0.1, 0.15) is 32.8 Å². The van der Waals surface area contributed by atoms with Crippen LogP contribution in [0.4, 0.5) is 10.7 Å². The van der Waals surface area contributed by atoms with Crippen LogP contribution in [0.5, 0.6) is 11.5 Å². The van der Waals surface area contributed by atoms with Gasteiger partial charge < -0.3 is 14.8 Å². The summed E-state index contributed by atoms with van der Waals surface area (Å²) >= 11 is 7.63. The summed E-state index contributed by atoms with van der Waals surface area (Å²) in [6, 6.07) is 12.7. The van der Waals surface area contributed by atoms with Crippen LogP contribution in [0.2, 0.25) is 5.02 Å². The number of amides is 1. The Balaban J connectivity index is 1.68. The highest BCUT2D eigenvalue weighted by atomic mass is 35.5. The highest BCUT2D eigenvalue weighted by Gasteiger charge is 2.26. The van der Waals surface area contributed by atoms with E-state index in [1.54, 1.807) is 43.9 Å². The Morgan fingerprint density at radius 2 is 2.03 bits per heavy atom. The highest BCUT2D eigenvalue weighted by Crippen LogP contribution is 2.41. The third-order valence-electron chi connectivity index (χ3n) is 4.97. The van der Waals surface area contributed by atoms with Crippen LogP contribution in [0.15, 0.2) is 47.5 Å². The van der Waals surface area contributed by atoms with Gasteiger partial charge >= 0.3 is 0 Å². The molecular weight excluding hydrogens is 420 g/mol. The summed E-state index contributed by atoms with van der Waals surface area (Å²) in [5.41, 5.74) is 3.19. The van der Waals surface area contributed by atoms with E-state index in [4.69, 9.17) is 21.1 Å². The SMILES string of the molecule is COc1ccc(OC)c(C=Nc2sc3c(c2C(=O)Nc2cccc(Cl)c2)CCC3)c1. The zero-order chi connectivity index (χ0) is 21.1. The normalized spacial score (nSPS) is 12.8. The number of ether oxygens (including phenoxy) is 2. The molecule has 0 fully saturated rings. The number of aliphatic imine (C=N–C) groups is 1. The van der Waals surface area contributed by atoms with Gasteiger partial charge in [0.15, 0.2) is 0 Å². The van der Waals surface area contributed by atoms with Crippen LogP contribution in [0.25, 0.3) is 0 Å². The van der Waals surface area contributed by atoms with Crippen molar-refractivity contribution < 1.29 is 14.3 Å². The molecule has 5 nitrogen and oxygen atoms in total. The molecule has 1 N–H and O–H groups in total. The number of aryl methyl sites for hydroxylation is 1. The van der Waals surface area contributed by atoms with E-state index in [9.17, 15) is 4.79 Å². The molecule has 1 amide bonds. The molecule has 4 rings (SSSR count). The van der Waals surface area contributed by atoms with Crippen molar-refractivity contribution in [1.82, 2.24) is 0 Å². The Morgan fingerprint density at radius 1 is 1.17 bits per heavy atom. The first-order chi connectivity index (χ1) is 14.6. The molecule has 1 aliphatic rings. The molecule has 154 valence electrons. The van der Waals surface area contributed by atoms with Crippen molar-refractivity contribution in [3.05, 3.63) is 69.1 Å². The maximum atomic E-state index is 13.1. The van der Waals surface area contributed by atoms with E-state index in [0.717, 1.165) is 30.4 Å². The number of hydrogen-bond donors (Lipinski definition) is 1. The molecule has 7 heteroatoms. The van der Waals surface area contributed by atoms with Crippen molar-refractivity contribution in [3.8, 4) is 11.5 Å². The lowest BCUT2D eigenvalue weighted by molar-refractivity contribution is 0.102. The van der Waals surface area contributed by atoms with Crippen LogP contribution < -0.4 is 14.8 Å². The van der Waals surface area contributed by atoms with E-state index in [0.29, 0.717) is 32.8 Å². The number of hydrogen-bond acceptors (Lipinski definition) is 5. The first kappa shape index (κ1) is 20.4. The van der Waals surface area contributed by atoms with Crippen LogP contribution in [-0.4, -0.2) is 26.3 Å². The molecule has 0 saturated carbocycles. The number of nitrogens with one attached hydrogen (secondary N) is 1. The van der Waals surface area contributed by atoms with Crippen molar-refractivity contribution in [2.24, 2.45) is 4.99 Å². The molecular formula is C23H21ClN2O3S. The number of carbonyl (C=O) groups excluding carboxylic acids is 1. The molecule has 30 heavy (non-hydrogen) atoms. The first-order valence-electron chi connectivity index (χ1n) is 9.56. The van der Waals surface area contributed by atoms with Gasteiger partial charge in [0.05, 0.1) is 19.8 Å². The van der Waals surface area contributed by atoms with Gasteiger partial charge in [0.25, 0.3) is 5.91 Å². The van der Waals surface area contributed by atoms with Crippen molar-refractivity contribution in [2.45, 2.75) is 19.3 Å². The first-order valence-corrected chi connectivity index (χ1v) is 10.8. The maximum absolute atomic E-state index is 13.1. The van der Waals surface area contributed by atoms with Gasteiger partial charge in [0.2, 0.25) is 0 Å². The third-order valence-corrected chi connectivity index (χ3v) is 6.40. The van der Waals surface area contributed by atoms with E-state index in [-0.39, 0.29) is 5.91 Å². The largest absolute Gasteiger partial charge is 0.497 e. The van der Waals surface area contributed by atoms with E-state index in [1.807, 2.05) is 30.3 Å². The zero-order valence-electron chi connectivity index (χ0n) is 16.7. The van der Waals surface area contributed by atoms with Crippen LogP contribution in [0.3, 0.4) is 0 Å². The van der Waals surface area contributed by atoms with Gasteiger partial charge in [-0.3, -0.25) is 4.79 Å². The molecule has 0 bridgehead atoms. The van der Waals surface area contributed by atoms with Crippen molar-refractivity contribution in [1.29, 1.82) is 0 Å². The minimum Gasteiger partial charge on any atom is -0.497 e. The molecule has 1 heterocycles. The average Bonchev–Trinajstić information content (AvgIpc) is 3.32. The van der Waals surface area contributed by atoms with Gasteiger partial charge in [0, 0.05) is 27.4 Å². The van der Waals surface area contributed by atoms with Gasteiger partial charge in [-0.05, 0) is 61.2 Å². The van der Waals surface area contributed by atoms with Crippen LogP contribution in [-0.2, 0) is 12.8 Å². The summed E-state index contributed by atoms with van der Waals surface area (Å²) in [4.78, 5) is 19.0. The number of rotatable bonds is 6. The summed E-state index contributed by atoms with van der Waals surface area (Å²) in [5.74, 6) is 1.24. The summed E-state index contributed by atoms with van der Waals surface area (Å²) < 4.78 is 10.7. The monoisotopic (exact) mass is 440 g/mol. The van der Waals surface area contributed by atoms with Gasteiger partial charge in [-0.25, -0.2) is 4.99 Å². The fraction of sp³-hybridized carbons (Fsp3) is 0.217. The topological polar surface area (TPSA) is 59.9 Å². The Hall–Kier alpha value is -2.83. The lowest BCUT2D eigenvalue weighted by atomic mass is 10.1. The third kappa shape index (κ3) is 4.20. The smallest absolute Gasteiger partial charge is 0.259 e. The number of methoxy groups -OCH3 is 2. The second-order valence-corrected chi connectivity index (χ2v) is 8.39. The molecule has 0 atom stereocenters. The molecule has 2 aromatic carbocycles. The molecule has 0 aliphatic heterocycles. The number of anilines is 1. The Labute approximate surface area is 184 Å². The number of fused-ring (bicyclic) bond motifs is 1. The predicted molar refractivity (Wildman–Crippen MR) is 123 cm³/mol. The van der Waals surface area contributed by atoms with E-state index in [2.05, 4.69) is 10.3 Å². The average molecular weight is 441 g/mol. The Bertz CT molecular complexity index is 1120. The minimum atomic E-state index is -0.165. The lowest BCUT2D eigenvalue weighted by Crippen LogP contribution is -2.13.